The smallest absolute Gasteiger partial charge is 0.262 e. The van der Waals surface area contributed by atoms with Gasteiger partial charge in [0.2, 0.25) is 0 Å². The molecule has 29 heavy (non-hydrogen) atoms. The Morgan fingerprint density at radius 1 is 1.10 bits per heavy atom. The van der Waals surface area contributed by atoms with Gasteiger partial charge in [0.05, 0.1) is 5.56 Å². The lowest BCUT2D eigenvalue weighted by Gasteiger charge is -2.30. The summed E-state index contributed by atoms with van der Waals surface area (Å²) in [6.07, 6.45) is 4.98. The van der Waals surface area contributed by atoms with E-state index in [4.69, 9.17) is 0 Å². The number of hydrogen-bond acceptors (Lipinski definition) is 5. The van der Waals surface area contributed by atoms with Crippen LogP contribution in [-0.2, 0) is 6.42 Å². The van der Waals surface area contributed by atoms with Crippen LogP contribution < -0.4 is 4.90 Å². The Hall–Kier alpha value is -3.87. The van der Waals surface area contributed by atoms with Crippen molar-refractivity contribution in [1.82, 2.24) is 15.0 Å². The summed E-state index contributed by atoms with van der Waals surface area (Å²) < 4.78 is 0. The molecule has 2 aromatic carbocycles. The fraction of sp³-hybridized carbons (Fsp3) is 0.136. The van der Waals surface area contributed by atoms with E-state index >= 15 is 0 Å². The van der Waals surface area contributed by atoms with Crippen molar-refractivity contribution in [2.24, 2.45) is 0 Å². The number of anilines is 1. The number of nitrogens with one attached hydrogen (secondary N) is 1. The van der Waals surface area contributed by atoms with Gasteiger partial charge in [-0.3, -0.25) is 4.79 Å². The average molecular weight is 386 g/mol. The first-order valence-electron chi connectivity index (χ1n) is 9.36. The van der Waals surface area contributed by atoms with Crippen LogP contribution in [0.15, 0.2) is 55.0 Å². The monoisotopic (exact) mass is 386 g/mol. The summed E-state index contributed by atoms with van der Waals surface area (Å²) in [6, 6.07) is 12.0. The molecule has 3 N–H and O–H groups in total. The molecular weight excluding hydrogens is 368 g/mol. The zero-order chi connectivity index (χ0) is 20.0. The van der Waals surface area contributed by atoms with Gasteiger partial charge in [-0.1, -0.05) is 6.07 Å². The first kappa shape index (κ1) is 17.2. The van der Waals surface area contributed by atoms with E-state index in [-0.39, 0.29) is 23.0 Å². The molecule has 0 atom stereocenters. The van der Waals surface area contributed by atoms with E-state index in [1.807, 2.05) is 18.2 Å². The topological polar surface area (TPSA) is 102 Å². The fourth-order valence-corrected chi connectivity index (χ4v) is 3.85. The Balaban J connectivity index is 1.51. The largest absolute Gasteiger partial charge is 0.508 e. The molecule has 4 aromatic rings. The molecule has 0 saturated carbocycles. The summed E-state index contributed by atoms with van der Waals surface area (Å²) in [4.78, 5) is 26.3. The second-order valence-electron chi connectivity index (χ2n) is 7.11. The van der Waals surface area contributed by atoms with Gasteiger partial charge in [-0.05, 0) is 54.3 Å². The van der Waals surface area contributed by atoms with E-state index in [0.29, 0.717) is 6.54 Å². The number of rotatable bonds is 2. The second kappa shape index (κ2) is 6.63. The van der Waals surface area contributed by atoms with Crippen molar-refractivity contribution >= 4 is 22.6 Å². The molecule has 5 rings (SSSR count). The van der Waals surface area contributed by atoms with Crippen LogP contribution in [0.1, 0.15) is 22.3 Å². The highest BCUT2D eigenvalue weighted by molar-refractivity contribution is 6.08. The van der Waals surface area contributed by atoms with Crippen molar-refractivity contribution in [3.8, 4) is 22.8 Å². The molecule has 1 aliphatic heterocycles. The number of aromatic nitrogens is 3. The van der Waals surface area contributed by atoms with Crippen LogP contribution in [-0.4, -0.2) is 37.6 Å². The fourth-order valence-electron chi connectivity index (χ4n) is 3.85. The minimum Gasteiger partial charge on any atom is -0.508 e. The molecular formula is C22H18N4O3. The highest BCUT2D eigenvalue weighted by Gasteiger charge is 2.26. The SMILES string of the molecule is O=C(c1ccc(O)cc1O)N1CCCc2cc(-c3cc4cncnc4[nH]3)ccc21. The van der Waals surface area contributed by atoms with Gasteiger partial charge in [0.15, 0.2) is 0 Å². The molecule has 0 radical (unpaired) electrons. The quantitative estimate of drug-likeness (QED) is 0.488. The third-order valence-electron chi connectivity index (χ3n) is 5.26. The zero-order valence-electron chi connectivity index (χ0n) is 15.5. The number of hydrogen-bond donors (Lipinski definition) is 3. The van der Waals surface area contributed by atoms with E-state index in [9.17, 15) is 15.0 Å². The van der Waals surface area contributed by atoms with Crippen LogP contribution >= 0.6 is 0 Å². The minimum atomic E-state index is -0.280. The van der Waals surface area contributed by atoms with Crippen molar-refractivity contribution in [3.63, 3.8) is 0 Å². The van der Waals surface area contributed by atoms with Crippen molar-refractivity contribution in [2.45, 2.75) is 12.8 Å². The van der Waals surface area contributed by atoms with E-state index in [0.717, 1.165) is 46.4 Å². The summed E-state index contributed by atoms with van der Waals surface area (Å²) in [6.45, 7) is 0.577. The van der Waals surface area contributed by atoms with Crippen LogP contribution in [0.25, 0.3) is 22.3 Å². The maximum atomic E-state index is 13.0. The molecule has 1 amide bonds. The van der Waals surface area contributed by atoms with Gasteiger partial charge in [-0.25, -0.2) is 9.97 Å². The van der Waals surface area contributed by atoms with Gasteiger partial charge in [-0.2, -0.15) is 0 Å². The van der Waals surface area contributed by atoms with Crippen LogP contribution in [0.5, 0.6) is 11.5 Å². The number of phenols is 2. The molecule has 0 fully saturated rings. The third kappa shape index (κ3) is 2.97. The molecule has 7 nitrogen and oxygen atoms in total. The molecule has 0 bridgehead atoms. The number of aryl methyl sites for hydroxylation is 1. The molecule has 0 saturated heterocycles. The van der Waals surface area contributed by atoms with Gasteiger partial charge in [0, 0.05) is 35.6 Å². The summed E-state index contributed by atoms with van der Waals surface area (Å²) in [5, 5.41) is 20.5. The molecule has 3 heterocycles. The minimum absolute atomic E-state index is 0.0780. The Morgan fingerprint density at radius 2 is 2.00 bits per heavy atom. The van der Waals surface area contributed by atoms with Crippen molar-refractivity contribution in [1.29, 1.82) is 0 Å². The molecule has 7 heteroatoms. The van der Waals surface area contributed by atoms with Crippen LogP contribution in [0.4, 0.5) is 5.69 Å². The lowest BCUT2D eigenvalue weighted by Crippen LogP contribution is -2.35. The predicted octanol–water partition coefficient (Wildman–Crippen LogP) is 3.63. The number of phenolic OH excluding ortho intramolecular Hbond substituents is 2. The van der Waals surface area contributed by atoms with Crippen molar-refractivity contribution in [2.75, 3.05) is 11.4 Å². The van der Waals surface area contributed by atoms with Gasteiger partial charge >= 0.3 is 0 Å². The predicted molar refractivity (Wildman–Crippen MR) is 109 cm³/mol. The summed E-state index contributed by atoms with van der Waals surface area (Å²) in [7, 11) is 0. The first-order valence-corrected chi connectivity index (χ1v) is 9.36. The van der Waals surface area contributed by atoms with E-state index in [1.165, 1.54) is 24.5 Å². The standard InChI is InChI=1S/C22H18N4O3/c27-16-4-5-17(20(28)10-16)22(29)26-7-1-2-14-8-13(3-6-19(14)26)18-9-15-11-23-12-24-21(15)25-18/h3-6,8-12,27-28H,1-2,7H2,(H,23,24,25). The number of aromatic amines is 1. The van der Waals surface area contributed by atoms with Crippen LogP contribution in [0, 0.1) is 0 Å². The van der Waals surface area contributed by atoms with E-state index in [1.54, 1.807) is 11.1 Å². The number of fused-ring (bicyclic) bond motifs is 2. The molecule has 1 aliphatic rings. The van der Waals surface area contributed by atoms with E-state index < -0.39 is 0 Å². The van der Waals surface area contributed by atoms with Gasteiger partial charge in [0.1, 0.15) is 23.5 Å². The number of carbonyl (C=O) groups excluding carboxylic acids is 1. The van der Waals surface area contributed by atoms with Crippen molar-refractivity contribution in [3.05, 3.63) is 66.1 Å². The molecule has 144 valence electrons. The molecule has 0 unspecified atom stereocenters. The van der Waals surface area contributed by atoms with Crippen LogP contribution in [0.2, 0.25) is 0 Å². The van der Waals surface area contributed by atoms with Crippen LogP contribution in [0.3, 0.4) is 0 Å². The number of benzene rings is 2. The average Bonchev–Trinajstić information content (AvgIpc) is 3.17. The Kier molecular flexibility index (Phi) is 3.94. The first-order chi connectivity index (χ1) is 14.1. The Labute approximate surface area is 166 Å². The Bertz CT molecular complexity index is 1220. The number of nitrogens with zero attached hydrogens (tertiary/aromatic N) is 3. The number of amides is 1. The Morgan fingerprint density at radius 3 is 2.83 bits per heavy atom. The maximum Gasteiger partial charge on any atom is 0.262 e. The zero-order valence-corrected chi connectivity index (χ0v) is 15.5. The molecule has 0 aliphatic carbocycles. The summed E-state index contributed by atoms with van der Waals surface area (Å²) in [5.41, 5.74) is 4.84. The van der Waals surface area contributed by atoms with Gasteiger partial charge in [-0.15, -0.1) is 0 Å². The van der Waals surface area contributed by atoms with Crippen molar-refractivity contribution < 1.29 is 15.0 Å². The lowest BCUT2D eigenvalue weighted by atomic mass is 9.97. The maximum absolute atomic E-state index is 13.0. The van der Waals surface area contributed by atoms with Gasteiger partial charge in [0.25, 0.3) is 5.91 Å². The normalized spacial score (nSPS) is 13.4. The lowest BCUT2D eigenvalue weighted by molar-refractivity contribution is 0.0982. The summed E-state index contributed by atoms with van der Waals surface area (Å²) in [5.74, 6) is -0.583. The second-order valence-corrected chi connectivity index (χ2v) is 7.11. The van der Waals surface area contributed by atoms with Gasteiger partial charge < -0.3 is 20.1 Å². The summed E-state index contributed by atoms with van der Waals surface area (Å²) >= 11 is 0. The van der Waals surface area contributed by atoms with E-state index in [2.05, 4.69) is 21.0 Å². The number of H-pyrrole nitrogens is 1. The highest BCUT2D eigenvalue weighted by Crippen LogP contribution is 2.34. The number of aromatic hydroxyl groups is 2. The third-order valence-corrected chi connectivity index (χ3v) is 5.26. The molecule has 0 spiro atoms. The highest BCUT2D eigenvalue weighted by atomic mass is 16.3. The molecule has 2 aromatic heterocycles. The number of carbonyl (C=O) groups is 1.